The number of nitrogens with zero attached hydrogens (tertiary/aromatic N) is 6. The van der Waals surface area contributed by atoms with Gasteiger partial charge >= 0.3 is 6.03 Å². The molecule has 1 aliphatic rings. The zero-order chi connectivity index (χ0) is 18.5. The fraction of sp³-hybridized carbons (Fsp3) is 0.438. The Hall–Kier alpha value is -2.62. The van der Waals surface area contributed by atoms with Gasteiger partial charge in [-0.3, -0.25) is 9.48 Å². The van der Waals surface area contributed by atoms with Gasteiger partial charge in [0, 0.05) is 33.0 Å². The number of carbonyl (C=O) groups is 2. The van der Waals surface area contributed by atoms with Crippen LogP contribution in [-0.4, -0.2) is 67.9 Å². The summed E-state index contributed by atoms with van der Waals surface area (Å²) in [6.45, 7) is 2.17. The van der Waals surface area contributed by atoms with Crippen molar-refractivity contribution in [2.45, 2.75) is 24.8 Å². The molecule has 0 atom stereocenters. The van der Waals surface area contributed by atoms with Crippen LogP contribution in [-0.2, 0) is 24.4 Å². The third-order valence-corrected chi connectivity index (χ3v) is 4.72. The average molecular weight is 375 g/mol. The first-order valence-electron chi connectivity index (χ1n) is 8.21. The predicted molar refractivity (Wildman–Crippen MR) is 96.3 cm³/mol. The Morgan fingerprint density at radius 3 is 2.77 bits per heavy atom. The van der Waals surface area contributed by atoms with Crippen molar-refractivity contribution in [2.75, 3.05) is 26.4 Å². The highest BCUT2D eigenvalue weighted by atomic mass is 32.2. The number of hydrogen-bond donors (Lipinski definition) is 1. The molecule has 0 aliphatic carbocycles. The summed E-state index contributed by atoms with van der Waals surface area (Å²) in [6.07, 6.45) is 3.29. The van der Waals surface area contributed by atoms with Crippen LogP contribution in [0.5, 0.6) is 0 Å². The van der Waals surface area contributed by atoms with Gasteiger partial charge in [-0.25, -0.2) is 14.8 Å². The second kappa shape index (κ2) is 8.17. The first-order chi connectivity index (χ1) is 12.5. The maximum absolute atomic E-state index is 12.1. The Labute approximate surface area is 155 Å². The minimum Gasteiger partial charge on any atom is -0.350 e. The molecular formula is C16H21N7O2S. The maximum Gasteiger partial charge on any atom is 0.319 e. The van der Waals surface area contributed by atoms with Crippen LogP contribution in [0.15, 0.2) is 29.7 Å². The summed E-state index contributed by atoms with van der Waals surface area (Å²) in [5.74, 6) is 0.153. The van der Waals surface area contributed by atoms with E-state index in [9.17, 15) is 9.59 Å². The number of urea groups is 1. The van der Waals surface area contributed by atoms with E-state index >= 15 is 0 Å². The van der Waals surface area contributed by atoms with Crippen molar-refractivity contribution in [3.05, 3.63) is 35.9 Å². The van der Waals surface area contributed by atoms with Crippen molar-refractivity contribution in [3.63, 3.8) is 0 Å². The van der Waals surface area contributed by atoms with Crippen molar-refractivity contribution >= 4 is 23.7 Å². The molecule has 0 spiro atoms. The van der Waals surface area contributed by atoms with E-state index in [2.05, 4.69) is 20.4 Å². The SMILES string of the molecule is CN(C)C(=O)N1CCn2nc(CNC(=O)CSc3ncccn3)cc2C1. The van der Waals surface area contributed by atoms with Crippen LogP contribution in [0.25, 0.3) is 0 Å². The van der Waals surface area contributed by atoms with E-state index in [1.807, 2.05) is 10.7 Å². The lowest BCUT2D eigenvalue weighted by Crippen LogP contribution is -2.43. The number of amides is 3. The monoisotopic (exact) mass is 375 g/mol. The Morgan fingerprint density at radius 1 is 1.27 bits per heavy atom. The second-order valence-corrected chi connectivity index (χ2v) is 6.99. The van der Waals surface area contributed by atoms with Crippen LogP contribution in [0.1, 0.15) is 11.4 Å². The molecule has 0 bridgehead atoms. The van der Waals surface area contributed by atoms with Crippen LogP contribution in [0.3, 0.4) is 0 Å². The summed E-state index contributed by atoms with van der Waals surface area (Å²) in [5.41, 5.74) is 1.76. The zero-order valence-electron chi connectivity index (χ0n) is 14.8. The molecule has 26 heavy (non-hydrogen) atoms. The minimum atomic E-state index is -0.0992. The Bertz CT molecular complexity index is 778. The van der Waals surface area contributed by atoms with Gasteiger partial charge in [0.2, 0.25) is 5.91 Å². The molecular weight excluding hydrogens is 354 g/mol. The molecule has 0 radical (unpaired) electrons. The summed E-state index contributed by atoms with van der Waals surface area (Å²) in [4.78, 5) is 35.5. The topological polar surface area (TPSA) is 96.2 Å². The van der Waals surface area contributed by atoms with E-state index in [-0.39, 0.29) is 17.7 Å². The minimum absolute atomic E-state index is 0.00698. The number of fused-ring (bicyclic) bond motifs is 1. The Morgan fingerprint density at radius 2 is 2.04 bits per heavy atom. The van der Waals surface area contributed by atoms with Crippen molar-refractivity contribution in [1.29, 1.82) is 0 Å². The van der Waals surface area contributed by atoms with E-state index < -0.39 is 0 Å². The zero-order valence-corrected chi connectivity index (χ0v) is 15.6. The van der Waals surface area contributed by atoms with Gasteiger partial charge in [-0.05, 0) is 12.1 Å². The highest BCUT2D eigenvalue weighted by Crippen LogP contribution is 2.15. The normalized spacial score (nSPS) is 13.2. The first kappa shape index (κ1) is 18.2. The van der Waals surface area contributed by atoms with E-state index in [0.717, 1.165) is 11.4 Å². The molecule has 2 aromatic heterocycles. The molecule has 2 aromatic rings. The van der Waals surface area contributed by atoms with E-state index in [1.54, 1.807) is 42.4 Å². The lowest BCUT2D eigenvalue weighted by atomic mass is 10.3. The van der Waals surface area contributed by atoms with Gasteiger partial charge < -0.3 is 15.1 Å². The molecule has 1 aliphatic heterocycles. The summed E-state index contributed by atoms with van der Waals surface area (Å²) in [5, 5.41) is 7.92. The predicted octanol–water partition coefficient (Wildman–Crippen LogP) is 0.579. The van der Waals surface area contributed by atoms with Gasteiger partial charge in [0.05, 0.1) is 36.8 Å². The van der Waals surface area contributed by atoms with Gasteiger partial charge in [-0.15, -0.1) is 0 Å². The van der Waals surface area contributed by atoms with Crippen molar-refractivity contribution < 1.29 is 9.59 Å². The molecule has 3 amide bonds. The largest absolute Gasteiger partial charge is 0.350 e. The van der Waals surface area contributed by atoms with Crippen molar-refractivity contribution in [2.24, 2.45) is 0 Å². The molecule has 138 valence electrons. The van der Waals surface area contributed by atoms with E-state index in [4.69, 9.17) is 0 Å². The smallest absolute Gasteiger partial charge is 0.319 e. The number of thioether (sulfide) groups is 1. The molecule has 0 aromatic carbocycles. The van der Waals surface area contributed by atoms with Crippen LogP contribution in [0, 0.1) is 0 Å². The number of carbonyl (C=O) groups excluding carboxylic acids is 2. The lowest BCUT2D eigenvalue weighted by molar-refractivity contribution is -0.118. The lowest BCUT2D eigenvalue weighted by Gasteiger charge is -2.29. The highest BCUT2D eigenvalue weighted by molar-refractivity contribution is 7.99. The van der Waals surface area contributed by atoms with Gasteiger partial charge in [0.1, 0.15) is 0 Å². The fourth-order valence-electron chi connectivity index (χ4n) is 2.59. The average Bonchev–Trinajstić information content (AvgIpc) is 3.07. The summed E-state index contributed by atoms with van der Waals surface area (Å²) < 4.78 is 1.90. The third kappa shape index (κ3) is 4.51. The van der Waals surface area contributed by atoms with E-state index in [0.29, 0.717) is 31.3 Å². The molecule has 10 heteroatoms. The number of rotatable bonds is 5. The van der Waals surface area contributed by atoms with E-state index in [1.165, 1.54) is 11.8 Å². The molecule has 9 nitrogen and oxygen atoms in total. The quantitative estimate of drug-likeness (QED) is 0.607. The van der Waals surface area contributed by atoms with Crippen LogP contribution in [0.2, 0.25) is 0 Å². The molecule has 0 saturated heterocycles. The molecule has 1 N–H and O–H groups in total. The third-order valence-electron chi connectivity index (χ3n) is 3.84. The Kier molecular flexibility index (Phi) is 5.71. The molecule has 0 saturated carbocycles. The van der Waals surface area contributed by atoms with Crippen LogP contribution >= 0.6 is 11.8 Å². The first-order valence-corrected chi connectivity index (χ1v) is 9.20. The second-order valence-electron chi connectivity index (χ2n) is 6.05. The summed E-state index contributed by atoms with van der Waals surface area (Å²) in [6, 6.07) is 3.66. The summed E-state index contributed by atoms with van der Waals surface area (Å²) >= 11 is 1.29. The number of hydrogen-bond acceptors (Lipinski definition) is 6. The Balaban J connectivity index is 1.49. The van der Waals surface area contributed by atoms with Gasteiger partial charge in [0.25, 0.3) is 0 Å². The maximum atomic E-state index is 12.1. The van der Waals surface area contributed by atoms with Gasteiger partial charge in [-0.1, -0.05) is 11.8 Å². The van der Waals surface area contributed by atoms with Crippen LogP contribution in [0.4, 0.5) is 4.79 Å². The van der Waals surface area contributed by atoms with Crippen molar-refractivity contribution in [1.82, 2.24) is 34.9 Å². The van der Waals surface area contributed by atoms with Gasteiger partial charge in [-0.2, -0.15) is 5.10 Å². The number of nitrogens with one attached hydrogen (secondary N) is 1. The molecule has 0 unspecified atom stereocenters. The standard InChI is InChI=1S/C16H21N7O2S/c1-21(2)16(25)22-6-7-23-13(10-22)8-12(20-23)9-19-14(24)11-26-15-17-4-3-5-18-15/h3-5,8H,6-7,9-11H2,1-2H3,(H,19,24). The molecule has 3 rings (SSSR count). The van der Waals surface area contributed by atoms with Gasteiger partial charge in [0.15, 0.2) is 5.16 Å². The fourth-order valence-corrected chi connectivity index (χ4v) is 3.22. The molecule has 0 fully saturated rings. The van der Waals surface area contributed by atoms with Crippen LogP contribution < -0.4 is 5.32 Å². The highest BCUT2D eigenvalue weighted by Gasteiger charge is 2.23. The molecule has 3 heterocycles. The van der Waals surface area contributed by atoms with Crippen molar-refractivity contribution in [3.8, 4) is 0 Å². The summed E-state index contributed by atoms with van der Waals surface area (Å²) in [7, 11) is 3.49. The number of aromatic nitrogens is 4.